The van der Waals surface area contributed by atoms with Crippen molar-refractivity contribution >= 4 is 27.5 Å². The highest BCUT2D eigenvalue weighted by Crippen LogP contribution is 2.31. The highest BCUT2D eigenvalue weighted by Gasteiger charge is 2.30. The Hall–Kier alpha value is -1.38. The van der Waals surface area contributed by atoms with E-state index in [1.54, 1.807) is 23.1 Å². The first-order chi connectivity index (χ1) is 8.15. The van der Waals surface area contributed by atoms with E-state index in [4.69, 9.17) is 10.4 Å². The minimum atomic E-state index is 0.00467. The lowest BCUT2D eigenvalue weighted by Crippen LogP contribution is -2.25. The third-order valence-corrected chi connectivity index (χ3v) is 3.47. The molecule has 0 aliphatic carbocycles. The zero-order valence-electron chi connectivity index (χ0n) is 9.06. The number of carbonyl (C=O) groups excluding carboxylic acids is 1. The van der Waals surface area contributed by atoms with Crippen LogP contribution in [0, 0.1) is 17.2 Å². The molecule has 1 aromatic rings. The standard InChI is InChI=1S/C12H11BrN2O2/c13-10-3-8(5-14)1-2-11(10)15-6-9(7-16)4-12(15)17/h1-3,9,16H,4,6-7H2. The van der Waals surface area contributed by atoms with Gasteiger partial charge in [0.2, 0.25) is 5.91 Å². The highest BCUT2D eigenvalue weighted by molar-refractivity contribution is 9.10. The van der Waals surface area contributed by atoms with Crippen molar-refractivity contribution < 1.29 is 9.90 Å². The fourth-order valence-electron chi connectivity index (χ4n) is 1.93. The van der Waals surface area contributed by atoms with Crippen LogP contribution >= 0.6 is 15.9 Å². The molecule has 17 heavy (non-hydrogen) atoms. The Kier molecular flexibility index (Phi) is 3.46. The minimum Gasteiger partial charge on any atom is -0.396 e. The number of aliphatic hydroxyl groups excluding tert-OH is 1. The Morgan fingerprint density at radius 1 is 1.59 bits per heavy atom. The summed E-state index contributed by atoms with van der Waals surface area (Å²) in [6.45, 7) is 0.552. The van der Waals surface area contributed by atoms with E-state index in [1.807, 2.05) is 6.07 Å². The zero-order valence-corrected chi connectivity index (χ0v) is 10.6. The van der Waals surface area contributed by atoms with Crippen molar-refractivity contribution in [2.24, 2.45) is 5.92 Å². The number of rotatable bonds is 2. The van der Waals surface area contributed by atoms with Crippen LogP contribution in [-0.4, -0.2) is 24.2 Å². The number of amides is 1. The number of hydrogen-bond donors (Lipinski definition) is 1. The molecule has 1 amide bonds. The van der Waals surface area contributed by atoms with Crippen LogP contribution in [0.15, 0.2) is 22.7 Å². The summed E-state index contributed by atoms with van der Waals surface area (Å²) in [4.78, 5) is 13.4. The molecule has 0 saturated carbocycles. The van der Waals surface area contributed by atoms with Crippen LogP contribution < -0.4 is 4.90 Å². The first kappa shape index (κ1) is 12.1. The number of anilines is 1. The third kappa shape index (κ3) is 2.33. The molecular formula is C12H11BrN2O2. The SMILES string of the molecule is N#Cc1ccc(N2CC(CO)CC2=O)c(Br)c1. The lowest BCUT2D eigenvalue weighted by molar-refractivity contribution is -0.117. The second kappa shape index (κ2) is 4.86. The van der Waals surface area contributed by atoms with Crippen molar-refractivity contribution in [1.29, 1.82) is 5.26 Å². The summed E-state index contributed by atoms with van der Waals surface area (Å²) in [5.74, 6) is 0.0134. The van der Waals surface area contributed by atoms with Gasteiger partial charge in [-0.15, -0.1) is 0 Å². The van der Waals surface area contributed by atoms with E-state index < -0.39 is 0 Å². The average molecular weight is 295 g/mol. The molecule has 0 spiro atoms. The van der Waals surface area contributed by atoms with Gasteiger partial charge in [0.25, 0.3) is 0 Å². The quantitative estimate of drug-likeness (QED) is 0.902. The Balaban J connectivity index is 2.29. The van der Waals surface area contributed by atoms with E-state index in [9.17, 15) is 4.79 Å². The monoisotopic (exact) mass is 294 g/mol. The van der Waals surface area contributed by atoms with E-state index in [0.717, 1.165) is 10.2 Å². The molecule has 5 heteroatoms. The number of nitrogens with zero attached hydrogens (tertiary/aromatic N) is 2. The molecular weight excluding hydrogens is 284 g/mol. The van der Waals surface area contributed by atoms with Crippen molar-refractivity contribution in [1.82, 2.24) is 0 Å². The summed E-state index contributed by atoms with van der Waals surface area (Å²) in [7, 11) is 0. The normalized spacial score (nSPS) is 19.5. The van der Waals surface area contributed by atoms with E-state index in [0.29, 0.717) is 18.5 Å². The van der Waals surface area contributed by atoms with Gasteiger partial charge >= 0.3 is 0 Å². The maximum absolute atomic E-state index is 11.8. The molecule has 1 fully saturated rings. The predicted octanol–water partition coefficient (Wildman–Crippen LogP) is 1.67. The Bertz CT molecular complexity index is 496. The third-order valence-electron chi connectivity index (χ3n) is 2.83. The molecule has 1 aromatic carbocycles. The zero-order chi connectivity index (χ0) is 12.4. The lowest BCUT2D eigenvalue weighted by atomic mass is 10.1. The molecule has 1 N–H and O–H groups in total. The molecule has 0 aromatic heterocycles. The number of hydrogen-bond acceptors (Lipinski definition) is 3. The topological polar surface area (TPSA) is 64.3 Å². The molecule has 1 saturated heterocycles. The second-order valence-corrected chi connectivity index (χ2v) is 4.89. The van der Waals surface area contributed by atoms with E-state index >= 15 is 0 Å². The van der Waals surface area contributed by atoms with Gasteiger partial charge in [0.05, 0.1) is 17.3 Å². The number of carbonyl (C=O) groups is 1. The first-order valence-corrected chi connectivity index (χ1v) is 6.06. The van der Waals surface area contributed by atoms with Gasteiger partial charge in [-0.2, -0.15) is 5.26 Å². The lowest BCUT2D eigenvalue weighted by Gasteiger charge is -2.18. The molecule has 88 valence electrons. The molecule has 4 nitrogen and oxygen atoms in total. The Morgan fingerprint density at radius 2 is 2.35 bits per heavy atom. The van der Waals surface area contributed by atoms with E-state index in [1.165, 1.54) is 0 Å². The van der Waals surface area contributed by atoms with Crippen LogP contribution in [0.1, 0.15) is 12.0 Å². The summed E-state index contributed by atoms with van der Waals surface area (Å²) in [5.41, 5.74) is 1.30. The highest BCUT2D eigenvalue weighted by atomic mass is 79.9. The Morgan fingerprint density at radius 3 is 2.88 bits per heavy atom. The van der Waals surface area contributed by atoms with Gasteiger partial charge in [-0.25, -0.2) is 0 Å². The minimum absolute atomic E-state index is 0.00467. The van der Waals surface area contributed by atoms with E-state index in [2.05, 4.69) is 15.9 Å². The smallest absolute Gasteiger partial charge is 0.227 e. The van der Waals surface area contributed by atoms with Gasteiger partial charge < -0.3 is 10.0 Å². The number of benzene rings is 1. The summed E-state index contributed by atoms with van der Waals surface area (Å²) >= 11 is 3.36. The van der Waals surface area contributed by atoms with Gasteiger partial charge in [-0.1, -0.05) is 0 Å². The molecule has 0 radical (unpaired) electrons. The molecule has 1 aliphatic rings. The van der Waals surface area contributed by atoms with Crippen LogP contribution in [0.25, 0.3) is 0 Å². The van der Waals surface area contributed by atoms with Crippen LogP contribution in [0.4, 0.5) is 5.69 Å². The molecule has 2 rings (SSSR count). The fraction of sp³-hybridized carbons (Fsp3) is 0.333. The van der Waals surface area contributed by atoms with Crippen molar-refractivity contribution in [3.05, 3.63) is 28.2 Å². The second-order valence-electron chi connectivity index (χ2n) is 4.04. The van der Waals surface area contributed by atoms with Gasteiger partial charge in [-0.05, 0) is 34.1 Å². The van der Waals surface area contributed by atoms with Gasteiger partial charge in [-0.3, -0.25) is 4.79 Å². The number of halogens is 1. The van der Waals surface area contributed by atoms with Crippen molar-refractivity contribution in [2.75, 3.05) is 18.1 Å². The van der Waals surface area contributed by atoms with Crippen LogP contribution in [0.5, 0.6) is 0 Å². The molecule has 1 aliphatic heterocycles. The van der Waals surface area contributed by atoms with E-state index in [-0.39, 0.29) is 18.4 Å². The molecule has 1 heterocycles. The van der Waals surface area contributed by atoms with Gasteiger partial charge in [0.1, 0.15) is 0 Å². The molecule has 1 unspecified atom stereocenters. The number of aliphatic hydroxyl groups is 1. The van der Waals surface area contributed by atoms with Crippen LogP contribution in [-0.2, 0) is 4.79 Å². The maximum atomic E-state index is 11.8. The van der Waals surface area contributed by atoms with Crippen molar-refractivity contribution in [3.8, 4) is 6.07 Å². The average Bonchev–Trinajstić information content (AvgIpc) is 2.70. The van der Waals surface area contributed by atoms with Crippen LogP contribution in [0.3, 0.4) is 0 Å². The summed E-state index contributed by atoms with van der Waals surface area (Å²) in [5, 5.41) is 17.8. The van der Waals surface area contributed by atoms with Crippen LogP contribution in [0.2, 0.25) is 0 Å². The van der Waals surface area contributed by atoms with Gasteiger partial charge in [0, 0.05) is 30.0 Å². The van der Waals surface area contributed by atoms with Crippen molar-refractivity contribution in [2.45, 2.75) is 6.42 Å². The van der Waals surface area contributed by atoms with Gasteiger partial charge in [0.15, 0.2) is 0 Å². The fourth-order valence-corrected chi connectivity index (χ4v) is 2.52. The predicted molar refractivity (Wildman–Crippen MR) is 66.4 cm³/mol. The molecule has 1 atom stereocenters. The number of nitriles is 1. The first-order valence-electron chi connectivity index (χ1n) is 5.26. The summed E-state index contributed by atoms with van der Waals surface area (Å²) < 4.78 is 0.725. The Labute approximate surface area is 108 Å². The summed E-state index contributed by atoms with van der Waals surface area (Å²) in [6.07, 6.45) is 0.378. The molecule has 0 bridgehead atoms. The largest absolute Gasteiger partial charge is 0.396 e. The van der Waals surface area contributed by atoms with Crippen molar-refractivity contribution in [3.63, 3.8) is 0 Å². The summed E-state index contributed by atoms with van der Waals surface area (Å²) in [6, 6.07) is 7.16. The maximum Gasteiger partial charge on any atom is 0.227 e.